The molecular formula is C26H21ClN2O5S. The molecule has 3 aromatic rings. The number of ketones is 1. The number of rotatable bonds is 5. The lowest BCUT2D eigenvalue weighted by atomic mass is 9.90. The van der Waals surface area contributed by atoms with Crippen molar-refractivity contribution in [2.24, 2.45) is 5.92 Å². The Labute approximate surface area is 210 Å². The Morgan fingerprint density at radius 1 is 1.14 bits per heavy atom. The maximum absolute atomic E-state index is 13.4. The van der Waals surface area contributed by atoms with Gasteiger partial charge in [-0.3, -0.25) is 14.6 Å². The quantitative estimate of drug-likeness (QED) is 0.383. The van der Waals surface area contributed by atoms with Gasteiger partial charge in [0.15, 0.2) is 5.76 Å². The SMILES string of the molecule is CC1(OC(=O)c2ccc(Cl)nc2)C(=O)C=c2cc(-c3ccsc3)ncc2=C1OC(=O)C1CCCC1. The number of esters is 2. The van der Waals surface area contributed by atoms with Crippen molar-refractivity contribution in [2.75, 3.05) is 0 Å². The van der Waals surface area contributed by atoms with Gasteiger partial charge in [0.2, 0.25) is 11.4 Å². The minimum atomic E-state index is -1.86. The first-order valence-corrected chi connectivity index (χ1v) is 12.5. The molecule has 3 heterocycles. The molecule has 0 radical (unpaired) electrons. The second-order valence-electron chi connectivity index (χ2n) is 8.70. The van der Waals surface area contributed by atoms with Crippen molar-refractivity contribution in [3.8, 4) is 11.3 Å². The predicted molar refractivity (Wildman–Crippen MR) is 131 cm³/mol. The van der Waals surface area contributed by atoms with Crippen molar-refractivity contribution >= 4 is 52.5 Å². The van der Waals surface area contributed by atoms with E-state index in [0.29, 0.717) is 16.1 Å². The van der Waals surface area contributed by atoms with Gasteiger partial charge in [-0.2, -0.15) is 11.3 Å². The van der Waals surface area contributed by atoms with E-state index in [9.17, 15) is 14.4 Å². The maximum Gasteiger partial charge on any atom is 0.341 e. The Kier molecular flexibility index (Phi) is 6.25. The summed E-state index contributed by atoms with van der Waals surface area (Å²) in [6.45, 7) is 1.43. The number of thiophene rings is 1. The van der Waals surface area contributed by atoms with Crippen LogP contribution in [-0.4, -0.2) is 33.3 Å². The molecule has 1 fully saturated rings. The smallest absolute Gasteiger partial charge is 0.341 e. The number of nitrogens with zero attached hydrogens (tertiary/aromatic N) is 2. The normalized spacial score (nSPS) is 19.7. The molecule has 0 N–H and O–H groups in total. The highest BCUT2D eigenvalue weighted by molar-refractivity contribution is 7.08. The highest BCUT2D eigenvalue weighted by Crippen LogP contribution is 2.32. The summed E-state index contributed by atoms with van der Waals surface area (Å²) in [6.07, 6.45) is 7.55. The molecule has 5 rings (SSSR count). The summed E-state index contributed by atoms with van der Waals surface area (Å²) in [5.74, 6) is -2.03. The molecule has 1 saturated carbocycles. The first-order chi connectivity index (χ1) is 16.8. The van der Waals surface area contributed by atoms with Gasteiger partial charge in [-0.05, 0) is 60.7 Å². The highest BCUT2D eigenvalue weighted by atomic mass is 35.5. The van der Waals surface area contributed by atoms with Crippen LogP contribution >= 0.6 is 22.9 Å². The molecule has 0 amide bonds. The first-order valence-electron chi connectivity index (χ1n) is 11.2. The third-order valence-electron chi connectivity index (χ3n) is 6.34. The summed E-state index contributed by atoms with van der Waals surface area (Å²) in [4.78, 5) is 47.8. The van der Waals surface area contributed by atoms with Gasteiger partial charge in [-0.1, -0.05) is 24.4 Å². The van der Waals surface area contributed by atoms with Crippen LogP contribution in [0.25, 0.3) is 23.1 Å². The Bertz CT molecular complexity index is 1430. The van der Waals surface area contributed by atoms with Gasteiger partial charge in [-0.15, -0.1) is 0 Å². The van der Waals surface area contributed by atoms with Crippen molar-refractivity contribution in [1.29, 1.82) is 0 Å². The lowest BCUT2D eigenvalue weighted by Gasteiger charge is -2.31. The number of pyridine rings is 2. The summed E-state index contributed by atoms with van der Waals surface area (Å²) in [5.41, 5.74) is -0.146. The number of fused-ring (bicyclic) bond motifs is 1. The molecule has 35 heavy (non-hydrogen) atoms. The van der Waals surface area contributed by atoms with Gasteiger partial charge in [0.1, 0.15) is 5.15 Å². The molecule has 1 atom stereocenters. The van der Waals surface area contributed by atoms with Gasteiger partial charge >= 0.3 is 11.9 Å². The molecule has 0 saturated heterocycles. The van der Waals surface area contributed by atoms with Gasteiger partial charge < -0.3 is 9.47 Å². The van der Waals surface area contributed by atoms with E-state index in [1.54, 1.807) is 12.3 Å². The maximum atomic E-state index is 13.4. The van der Waals surface area contributed by atoms with E-state index in [2.05, 4.69) is 9.97 Å². The molecule has 7 nitrogen and oxygen atoms in total. The zero-order valence-corrected chi connectivity index (χ0v) is 20.4. The summed E-state index contributed by atoms with van der Waals surface area (Å²) >= 11 is 7.36. The number of carbonyl (C=O) groups excluding carboxylic acids is 3. The lowest BCUT2D eigenvalue weighted by Crippen LogP contribution is -2.51. The van der Waals surface area contributed by atoms with Crippen LogP contribution in [-0.2, 0) is 19.1 Å². The Morgan fingerprint density at radius 2 is 1.94 bits per heavy atom. The van der Waals surface area contributed by atoms with E-state index in [1.807, 2.05) is 16.8 Å². The zero-order chi connectivity index (χ0) is 24.6. The Hall–Kier alpha value is -3.36. The largest absolute Gasteiger partial charge is 0.439 e. The molecule has 0 bridgehead atoms. The summed E-state index contributed by atoms with van der Waals surface area (Å²) in [6, 6.07) is 6.60. The zero-order valence-electron chi connectivity index (χ0n) is 18.8. The average molecular weight is 509 g/mol. The fourth-order valence-electron chi connectivity index (χ4n) is 4.33. The van der Waals surface area contributed by atoms with Crippen LogP contribution in [0.3, 0.4) is 0 Å². The molecular weight excluding hydrogens is 488 g/mol. The van der Waals surface area contributed by atoms with Gasteiger partial charge in [0, 0.05) is 28.6 Å². The van der Waals surface area contributed by atoms with Crippen LogP contribution < -0.4 is 10.4 Å². The van der Waals surface area contributed by atoms with Crippen LogP contribution in [0, 0.1) is 5.92 Å². The number of ether oxygens (including phenoxy) is 2. The van der Waals surface area contributed by atoms with Crippen molar-refractivity contribution in [3.05, 3.63) is 68.6 Å². The Morgan fingerprint density at radius 3 is 2.63 bits per heavy atom. The minimum absolute atomic E-state index is 0.0310. The standard InChI is InChI=1S/C26H21ClN2O5S/c1-26(34-25(32)16-6-7-22(27)29-12-16)21(30)11-18-10-20(17-8-9-35-14-17)28-13-19(18)23(26)33-24(31)15-4-2-3-5-15/h6-15H,2-5H2,1H3. The van der Waals surface area contributed by atoms with E-state index in [0.717, 1.165) is 31.2 Å². The molecule has 1 unspecified atom stereocenters. The van der Waals surface area contributed by atoms with E-state index < -0.39 is 23.3 Å². The van der Waals surface area contributed by atoms with E-state index in [4.69, 9.17) is 21.1 Å². The first kappa shape index (κ1) is 23.4. The topological polar surface area (TPSA) is 95.5 Å². The van der Waals surface area contributed by atoms with Crippen LogP contribution in [0.5, 0.6) is 0 Å². The molecule has 178 valence electrons. The second kappa shape index (κ2) is 9.36. The van der Waals surface area contributed by atoms with Crippen LogP contribution in [0.15, 0.2) is 47.4 Å². The van der Waals surface area contributed by atoms with E-state index in [1.165, 1.54) is 42.7 Å². The minimum Gasteiger partial charge on any atom is -0.439 e. The van der Waals surface area contributed by atoms with E-state index in [-0.39, 0.29) is 22.4 Å². The van der Waals surface area contributed by atoms with Crippen molar-refractivity contribution in [2.45, 2.75) is 38.2 Å². The fourth-order valence-corrected chi connectivity index (χ4v) is 5.09. The van der Waals surface area contributed by atoms with E-state index >= 15 is 0 Å². The molecule has 2 aliphatic carbocycles. The molecule has 2 aliphatic rings. The number of aromatic nitrogens is 2. The van der Waals surface area contributed by atoms with Crippen molar-refractivity contribution < 1.29 is 23.9 Å². The van der Waals surface area contributed by atoms with Gasteiger partial charge in [0.05, 0.1) is 17.2 Å². The number of halogens is 1. The number of carbonyl (C=O) groups is 3. The van der Waals surface area contributed by atoms with Crippen molar-refractivity contribution in [1.82, 2.24) is 9.97 Å². The lowest BCUT2D eigenvalue weighted by molar-refractivity contribution is -0.144. The molecule has 9 heteroatoms. The highest BCUT2D eigenvalue weighted by Gasteiger charge is 2.46. The monoisotopic (exact) mass is 508 g/mol. The molecule has 0 aliphatic heterocycles. The summed E-state index contributed by atoms with van der Waals surface area (Å²) in [7, 11) is 0. The summed E-state index contributed by atoms with van der Waals surface area (Å²) in [5, 5.41) is 5.08. The average Bonchev–Trinajstić information content (AvgIpc) is 3.57. The van der Waals surface area contributed by atoms with Gasteiger partial charge in [0.25, 0.3) is 0 Å². The molecule has 3 aromatic heterocycles. The van der Waals surface area contributed by atoms with Crippen LogP contribution in [0.4, 0.5) is 0 Å². The third-order valence-corrected chi connectivity index (χ3v) is 7.25. The van der Waals surface area contributed by atoms with Gasteiger partial charge in [-0.25, -0.2) is 9.78 Å². The number of hydrogen-bond acceptors (Lipinski definition) is 8. The van der Waals surface area contributed by atoms with Crippen molar-refractivity contribution in [3.63, 3.8) is 0 Å². The fraction of sp³-hybridized carbons (Fsp3) is 0.269. The second-order valence-corrected chi connectivity index (χ2v) is 9.87. The predicted octanol–water partition coefficient (Wildman–Crippen LogP) is 3.68. The number of Topliss-reactive ketones (excluding diaryl/α,β-unsaturated/α-hetero) is 1. The third kappa shape index (κ3) is 4.51. The van der Waals surface area contributed by atoms with Crippen LogP contribution in [0.2, 0.25) is 5.15 Å². The molecule has 0 aromatic carbocycles. The Balaban J connectivity index is 1.60. The summed E-state index contributed by atoms with van der Waals surface area (Å²) < 4.78 is 11.6. The number of hydrogen-bond donors (Lipinski definition) is 0. The van der Waals surface area contributed by atoms with Crippen LogP contribution in [0.1, 0.15) is 43.0 Å². The molecule has 0 spiro atoms.